The standard InChI is InChI=1S/C28H36N2O4/c1-18(25(31)29-10-4-7-22-6-2-3-8-23(22)29)34-26(32)24-9-5-11-30(24)27(33)28-15-19-12-20(16-28)14-21(13-19)17-28/h2-3,6,8,18-21,24H,4-5,7,9-17H2,1H3/t18-,19?,20?,21?,24-,28?/m1/s1. The van der Waals surface area contributed by atoms with Gasteiger partial charge in [0.15, 0.2) is 6.10 Å². The van der Waals surface area contributed by atoms with Gasteiger partial charge >= 0.3 is 5.97 Å². The van der Waals surface area contributed by atoms with Crippen molar-refractivity contribution in [1.82, 2.24) is 4.90 Å². The molecule has 1 aromatic carbocycles. The highest BCUT2D eigenvalue weighted by atomic mass is 16.5. The van der Waals surface area contributed by atoms with Gasteiger partial charge in [-0.15, -0.1) is 0 Å². The third-order valence-electron chi connectivity index (χ3n) is 9.29. The molecule has 4 aliphatic carbocycles. The van der Waals surface area contributed by atoms with E-state index in [-0.39, 0.29) is 17.2 Å². The van der Waals surface area contributed by atoms with E-state index < -0.39 is 18.1 Å². The van der Waals surface area contributed by atoms with Crippen LogP contribution in [0.5, 0.6) is 0 Å². The average molecular weight is 465 g/mol. The van der Waals surface area contributed by atoms with Crippen LogP contribution in [0.15, 0.2) is 24.3 Å². The summed E-state index contributed by atoms with van der Waals surface area (Å²) in [5.41, 5.74) is 1.82. The summed E-state index contributed by atoms with van der Waals surface area (Å²) in [5, 5.41) is 0. The first-order valence-corrected chi connectivity index (χ1v) is 13.3. The van der Waals surface area contributed by atoms with Crippen LogP contribution in [0.4, 0.5) is 5.69 Å². The number of aryl methyl sites for hydroxylation is 1. The number of benzene rings is 1. The number of nitrogens with zero attached hydrogens (tertiary/aromatic N) is 2. The van der Waals surface area contributed by atoms with Crippen molar-refractivity contribution in [3.8, 4) is 0 Å². The molecule has 2 heterocycles. The van der Waals surface area contributed by atoms with E-state index in [1.807, 2.05) is 23.1 Å². The zero-order chi connectivity index (χ0) is 23.4. The van der Waals surface area contributed by atoms with Gasteiger partial charge in [-0.05, 0) is 101 Å². The number of likely N-dealkylation sites (tertiary alicyclic amines) is 1. The highest BCUT2D eigenvalue weighted by Gasteiger charge is 2.57. The maximum Gasteiger partial charge on any atom is 0.329 e. The molecule has 1 aromatic rings. The molecule has 0 N–H and O–H groups in total. The van der Waals surface area contributed by atoms with E-state index in [0.29, 0.717) is 37.3 Å². The number of carbonyl (C=O) groups excluding carboxylic acids is 3. The lowest BCUT2D eigenvalue weighted by atomic mass is 9.49. The number of carbonyl (C=O) groups is 3. The molecule has 0 unspecified atom stereocenters. The molecule has 2 amide bonds. The van der Waals surface area contributed by atoms with Crippen LogP contribution < -0.4 is 4.90 Å². The number of hydrogen-bond acceptors (Lipinski definition) is 4. The van der Waals surface area contributed by atoms with E-state index >= 15 is 0 Å². The van der Waals surface area contributed by atoms with Crippen molar-refractivity contribution < 1.29 is 19.1 Å². The minimum Gasteiger partial charge on any atom is -0.451 e. The number of esters is 1. The Morgan fingerprint density at radius 3 is 2.35 bits per heavy atom. The van der Waals surface area contributed by atoms with Gasteiger partial charge in [-0.2, -0.15) is 0 Å². The van der Waals surface area contributed by atoms with Crippen molar-refractivity contribution in [1.29, 1.82) is 0 Å². The van der Waals surface area contributed by atoms with Crippen LogP contribution in [0, 0.1) is 23.2 Å². The Bertz CT molecular complexity index is 969. The molecule has 1 saturated heterocycles. The maximum absolute atomic E-state index is 13.9. The molecular weight excluding hydrogens is 428 g/mol. The smallest absolute Gasteiger partial charge is 0.329 e. The summed E-state index contributed by atoms with van der Waals surface area (Å²) in [7, 11) is 0. The molecule has 0 radical (unpaired) electrons. The highest BCUT2D eigenvalue weighted by Crippen LogP contribution is 2.60. The molecule has 34 heavy (non-hydrogen) atoms. The number of ether oxygens (including phenoxy) is 1. The summed E-state index contributed by atoms with van der Waals surface area (Å²) in [6, 6.07) is 7.39. The number of amides is 2. The summed E-state index contributed by atoms with van der Waals surface area (Å²) >= 11 is 0. The molecule has 6 aliphatic rings. The predicted octanol–water partition coefficient (Wildman–Crippen LogP) is 4.10. The lowest BCUT2D eigenvalue weighted by Gasteiger charge is -2.56. The normalized spacial score (nSPS) is 34.6. The monoisotopic (exact) mass is 464 g/mol. The first-order valence-electron chi connectivity index (χ1n) is 13.3. The maximum atomic E-state index is 13.9. The molecule has 6 heteroatoms. The van der Waals surface area contributed by atoms with Crippen LogP contribution in [0.3, 0.4) is 0 Å². The van der Waals surface area contributed by atoms with Crippen LogP contribution >= 0.6 is 0 Å². The molecule has 4 bridgehead atoms. The van der Waals surface area contributed by atoms with Crippen molar-refractivity contribution in [2.24, 2.45) is 23.2 Å². The van der Waals surface area contributed by atoms with E-state index in [0.717, 1.165) is 49.8 Å². The number of rotatable bonds is 4. The topological polar surface area (TPSA) is 66.9 Å². The molecule has 5 fully saturated rings. The van der Waals surface area contributed by atoms with E-state index in [2.05, 4.69) is 6.07 Å². The van der Waals surface area contributed by atoms with Crippen molar-refractivity contribution in [2.45, 2.75) is 83.3 Å². The number of anilines is 1. The predicted molar refractivity (Wildman–Crippen MR) is 128 cm³/mol. The molecule has 7 rings (SSSR count). The van der Waals surface area contributed by atoms with Crippen molar-refractivity contribution in [3.63, 3.8) is 0 Å². The van der Waals surface area contributed by atoms with E-state index in [1.165, 1.54) is 19.3 Å². The Morgan fingerprint density at radius 1 is 0.971 bits per heavy atom. The molecular formula is C28H36N2O4. The zero-order valence-corrected chi connectivity index (χ0v) is 20.2. The Labute approximate surface area is 202 Å². The fourth-order valence-corrected chi connectivity index (χ4v) is 8.22. The zero-order valence-electron chi connectivity index (χ0n) is 20.2. The van der Waals surface area contributed by atoms with Gasteiger partial charge in [0.25, 0.3) is 5.91 Å². The van der Waals surface area contributed by atoms with Crippen LogP contribution in [-0.4, -0.2) is 47.9 Å². The number of para-hydroxylation sites is 1. The SMILES string of the molecule is C[C@@H](OC(=O)[C@H]1CCCN1C(=O)C12CC3CC(CC(C3)C1)C2)C(=O)N1CCCc2ccccc21. The molecule has 4 saturated carbocycles. The van der Waals surface area contributed by atoms with E-state index in [4.69, 9.17) is 4.74 Å². The minimum absolute atomic E-state index is 0.183. The summed E-state index contributed by atoms with van der Waals surface area (Å²) in [6.45, 7) is 2.93. The molecule has 2 atom stereocenters. The number of hydrogen-bond donors (Lipinski definition) is 0. The van der Waals surface area contributed by atoms with Gasteiger partial charge in [0.2, 0.25) is 5.91 Å². The fraction of sp³-hybridized carbons (Fsp3) is 0.679. The second kappa shape index (κ2) is 8.39. The summed E-state index contributed by atoms with van der Waals surface area (Å²) in [6.07, 6.45) is 9.31. The first-order chi connectivity index (χ1) is 16.4. The van der Waals surface area contributed by atoms with Gasteiger partial charge in [0.05, 0.1) is 5.41 Å². The lowest BCUT2D eigenvalue weighted by molar-refractivity contribution is -0.168. The van der Waals surface area contributed by atoms with Gasteiger partial charge in [0.1, 0.15) is 6.04 Å². The Kier molecular flexibility index (Phi) is 5.45. The average Bonchev–Trinajstić information content (AvgIpc) is 3.32. The quantitative estimate of drug-likeness (QED) is 0.629. The van der Waals surface area contributed by atoms with Crippen LogP contribution in [0.25, 0.3) is 0 Å². The van der Waals surface area contributed by atoms with Crippen molar-refractivity contribution in [3.05, 3.63) is 29.8 Å². The van der Waals surface area contributed by atoms with Gasteiger partial charge in [-0.25, -0.2) is 4.79 Å². The third kappa shape index (κ3) is 3.64. The second-order valence-corrected chi connectivity index (χ2v) is 11.7. The summed E-state index contributed by atoms with van der Waals surface area (Å²) < 4.78 is 5.74. The highest BCUT2D eigenvalue weighted by molar-refractivity contribution is 5.99. The van der Waals surface area contributed by atoms with Crippen LogP contribution in [-0.2, 0) is 25.5 Å². The third-order valence-corrected chi connectivity index (χ3v) is 9.29. The van der Waals surface area contributed by atoms with Crippen LogP contribution in [0.1, 0.15) is 70.3 Å². The first kappa shape index (κ1) is 22.1. The molecule has 182 valence electrons. The Morgan fingerprint density at radius 2 is 1.65 bits per heavy atom. The van der Waals surface area contributed by atoms with Gasteiger partial charge in [0, 0.05) is 18.8 Å². The fourth-order valence-electron chi connectivity index (χ4n) is 8.22. The second-order valence-electron chi connectivity index (χ2n) is 11.7. The summed E-state index contributed by atoms with van der Waals surface area (Å²) in [4.78, 5) is 43.9. The Balaban J connectivity index is 1.14. The van der Waals surface area contributed by atoms with Crippen molar-refractivity contribution >= 4 is 23.5 Å². The van der Waals surface area contributed by atoms with E-state index in [9.17, 15) is 14.4 Å². The minimum atomic E-state index is -0.865. The van der Waals surface area contributed by atoms with Crippen molar-refractivity contribution in [2.75, 3.05) is 18.0 Å². The molecule has 6 nitrogen and oxygen atoms in total. The van der Waals surface area contributed by atoms with Crippen LogP contribution in [0.2, 0.25) is 0 Å². The number of fused-ring (bicyclic) bond motifs is 1. The Hall–Kier alpha value is -2.37. The lowest BCUT2D eigenvalue weighted by Crippen LogP contribution is -2.56. The largest absolute Gasteiger partial charge is 0.451 e. The molecule has 2 aliphatic heterocycles. The van der Waals surface area contributed by atoms with E-state index in [1.54, 1.807) is 11.8 Å². The molecule has 0 spiro atoms. The van der Waals surface area contributed by atoms with Gasteiger partial charge in [-0.1, -0.05) is 18.2 Å². The molecule has 0 aromatic heterocycles. The summed E-state index contributed by atoms with van der Waals surface area (Å²) in [5.74, 6) is 1.66. The van der Waals surface area contributed by atoms with Gasteiger partial charge < -0.3 is 14.5 Å². The van der Waals surface area contributed by atoms with Gasteiger partial charge in [-0.3, -0.25) is 9.59 Å².